The molecule has 0 heterocycles. The zero-order valence-corrected chi connectivity index (χ0v) is 20.7. The van der Waals surface area contributed by atoms with Gasteiger partial charge >= 0.3 is 0 Å². The Labute approximate surface area is 187 Å². The van der Waals surface area contributed by atoms with Crippen molar-refractivity contribution in [1.82, 2.24) is 0 Å². The Balaban J connectivity index is 3.23. The summed E-state index contributed by atoms with van der Waals surface area (Å²) >= 11 is 0. The van der Waals surface area contributed by atoms with E-state index in [0.717, 1.165) is 18.8 Å². The molecule has 0 aromatic rings. The first-order chi connectivity index (χ1) is 14.3. The van der Waals surface area contributed by atoms with Gasteiger partial charge < -0.3 is 0 Å². The van der Waals surface area contributed by atoms with Crippen LogP contribution >= 0.6 is 0 Å². The lowest BCUT2D eigenvalue weighted by molar-refractivity contribution is 0.392. The molecule has 29 heavy (non-hydrogen) atoms. The summed E-state index contributed by atoms with van der Waals surface area (Å²) in [5.41, 5.74) is 0. The van der Waals surface area contributed by atoms with Crippen molar-refractivity contribution < 1.29 is 0 Å². The quantitative estimate of drug-likeness (QED) is 0.132. The van der Waals surface area contributed by atoms with Crippen LogP contribution in [0.25, 0.3) is 0 Å². The summed E-state index contributed by atoms with van der Waals surface area (Å²) in [4.78, 5) is 0. The summed E-state index contributed by atoms with van der Waals surface area (Å²) in [5.74, 6) is 1.01. The molecule has 174 valence electrons. The van der Waals surface area contributed by atoms with Crippen LogP contribution in [0, 0.1) is 19.8 Å². The number of unbranched alkanes of at least 4 members (excludes halogenated alkanes) is 20. The van der Waals surface area contributed by atoms with E-state index in [1.165, 1.54) is 148 Å². The van der Waals surface area contributed by atoms with E-state index in [9.17, 15) is 0 Å². The first kappa shape index (κ1) is 29.0. The predicted octanol–water partition coefficient (Wildman–Crippen LogP) is 11.0. The van der Waals surface area contributed by atoms with Crippen molar-refractivity contribution in [3.05, 3.63) is 13.8 Å². The van der Waals surface area contributed by atoms with Gasteiger partial charge in [-0.1, -0.05) is 181 Å². The maximum atomic E-state index is 3.93. The van der Waals surface area contributed by atoms with Crippen LogP contribution < -0.4 is 0 Å². The minimum atomic E-state index is 1.01. The molecule has 0 heteroatoms. The molecule has 0 N–H and O–H groups in total. The van der Waals surface area contributed by atoms with Crippen LogP contribution in [0.5, 0.6) is 0 Å². The van der Waals surface area contributed by atoms with Gasteiger partial charge in [0.1, 0.15) is 0 Å². The van der Waals surface area contributed by atoms with Gasteiger partial charge in [0.15, 0.2) is 0 Å². The Bertz CT molecular complexity index is 269. The Morgan fingerprint density at radius 3 is 0.862 bits per heavy atom. The van der Waals surface area contributed by atoms with Crippen LogP contribution in [0.4, 0.5) is 0 Å². The van der Waals surface area contributed by atoms with Gasteiger partial charge in [-0.05, 0) is 5.92 Å². The monoisotopic (exact) mass is 406 g/mol. The van der Waals surface area contributed by atoms with Crippen molar-refractivity contribution in [2.24, 2.45) is 5.92 Å². The van der Waals surface area contributed by atoms with E-state index in [1.807, 2.05) is 0 Å². The number of hydrogen-bond donors (Lipinski definition) is 0. The highest BCUT2D eigenvalue weighted by Crippen LogP contribution is 2.22. The lowest BCUT2D eigenvalue weighted by atomic mass is 9.92. The maximum absolute atomic E-state index is 3.93. The molecule has 2 radical (unpaired) electrons. The molecular formula is C29H58. The van der Waals surface area contributed by atoms with Crippen LogP contribution in [0.1, 0.15) is 167 Å². The average molecular weight is 407 g/mol. The standard InChI is InChI=1S/C29H58/c1-4-7-9-11-13-14-15-16-17-18-19-20-22-24-26-28-29(6-3)27-25-23-21-12-10-8-5-2/h29H,1-2,4-28H2,3H3. The third-order valence-electron chi connectivity index (χ3n) is 6.80. The highest BCUT2D eigenvalue weighted by Gasteiger charge is 2.06. The molecule has 0 bridgehead atoms. The molecule has 0 aliphatic carbocycles. The van der Waals surface area contributed by atoms with Crippen LogP contribution in [-0.4, -0.2) is 0 Å². The summed E-state index contributed by atoms with van der Waals surface area (Å²) in [6, 6.07) is 0. The second kappa shape index (κ2) is 26.0. The van der Waals surface area contributed by atoms with Gasteiger partial charge in [0, 0.05) is 0 Å². The molecule has 0 saturated carbocycles. The van der Waals surface area contributed by atoms with Gasteiger partial charge in [-0.2, -0.15) is 0 Å². The average Bonchev–Trinajstić information content (AvgIpc) is 2.74. The number of rotatable bonds is 25. The van der Waals surface area contributed by atoms with Crippen molar-refractivity contribution in [1.29, 1.82) is 0 Å². The largest absolute Gasteiger partial charge is 0.0651 e. The Kier molecular flexibility index (Phi) is 26.0. The molecular weight excluding hydrogens is 348 g/mol. The molecule has 0 fully saturated rings. The zero-order chi connectivity index (χ0) is 21.3. The fraction of sp³-hybridized carbons (Fsp3) is 0.931. The maximum Gasteiger partial charge on any atom is -0.0417 e. The van der Waals surface area contributed by atoms with Crippen LogP contribution in [-0.2, 0) is 0 Å². The van der Waals surface area contributed by atoms with Gasteiger partial charge in [-0.3, -0.25) is 0 Å². The Morgan fingerprint density at radius 1 is 0.379 bits per heavy atom. The molecule has 0 spiro atoms. The van der Waals surface area contributed by atoms with E-state index < -0.39 is 0 Å². The molecule has 0 aliphatic heterocycles. The SMILES string of the molecule is [CH2]CCCCCCCCCCCCCCCCC(CC)CCCCCCCC[CH2]. The number of hydrogen-bond acceptors (Lipinski definition) is 0. The molecule has 0 saturated heterocycles. The molecule has 1 atom stereocenters. The predicted molar refractivity (Wildman–Crippen MR) is 135 cm³/mol. The van der Waals surface area contributed by atoms with E-state index in [-0.39, 0.29) is 0 Å². The molecule has 0 rings (SSSR count). The summed E-state index contributed by atoms with van der Waals surface area (Å²) in [6.07, 6.45) is 35.6. The third-order valence-corrected chi connectivity index (χ3v) is 6.80. The topological polar surface area (TPSA) is 0 Å². The van der Waals surface area contributed by atoms with Crippen LogP contribution in [0.15, 0.2) is 0 Å². The molecule has 0 aromatic heterocycles. The zero-order valence-electron chi connectivity index (χ0n) is 20.7. The van der Waals surface area contributed by atoms with Crippen molar-refractivity contribution in [3.63, 3.8) is 0 Å². The van der Waals surface area contributed by atoms with Gasteiger partial charge in [0.25, 0.3) is 0 Å². The fourth-order valence-corrected chi connectivity index (χ4v) is 4.60. The molecule has 1 unspecified atom stereocenters. The highest BCUT2D eigenvalue weighted by atomic mass is 14.1. The fourth-order valence-electron chi connectivity index (χ4n) is 4.60. The minimum Gasteiger partial charge on any atom is -0.0651 e. The summed E-state index contributed by atoms with van der Waals surface area (Å²) in [6.45, 7) is 10.3. The molecule has 0 aliphatic rings. The van der Waals surface area contributed by atoms with Crippen molar-refractivity contribution in [2.75, 3.05) is 0 Å². The molecule has 0 nitrogen and oxygen atoms in total. The molecule has 0 aromatic carbocycles. The normalized spacial score (nSPS) is 12.5. The van der Waals surface area contributed by atoms with Gasteiger partial charge in [0.05, 0.1) is 0 Å². The van der Waals surface area contributed by atoms with Crippen molar-refractivity contribution >= 4 is 0 Å². The van der Waals surface area contributed by atoms with E-state index in [2.05, 4.69) is 20.8 Å². The van der Waals surface area contributed by atoms with Gasteiger partial charge in [-0.25, -0.2) is 0 Å². The Hall–Kier alpha value is 0. The van der Waals surface area contributed by atoms with Crippen molar-refractivity contribution in [2.45, 2.75) is 167 Å². The lowest BCUT2D eigenvalue weighted by Gasteiger charge is -2.14. The summed E-state index contributed by atoms with van der Waals surface area (Å²) in [7, 11) is 0. The van der Waals surface area contributed by atoms with Crippen LogP contribution in [0.2, 0.25) is 0 Å². The summed E-state index contributed by atoms with van der Waals surface area (Å²) < 4.78 is 0. The van der Waals surface area contributed by atoms with E-state index in [4.69, 9.17) is 0 Å². The summed E-state index contributed by atoms with van der Waals surface area (Å²) in [5, 5.41) is 0. The second-order valence-corrected chi connectivity index (χ2v) is 9.63. The first-order valence-electron chi connectivity index (χ1n) is 13.9. The van der Waals surface area contributed by atoms with E-state index in [1.54, 1.807) is 0 Å². The minimum absolute atomic E-state index is 1.01. The van der Waals surface area contributed by atoms with Gasteiger partial charge in [-0.15, -0.1) is 0 Å². The van der Waals surface area contributed by atoms with E-state index >= 15 is 0 Å². The Morgan fingerprint density at radius 2 is 0.621 bits per heavy atom. The molecule has 0 amide bonds. The van der Waals surface area contributed by atoms with Crippen molar-refractivity contribution in [3.8, 4) is 0 Å². The third kappa shape index (κ3) is 24.1. The highest BCUT2D eigenvalue weighted by molar-refractivity contribution is 4.59. The smallest absolute Gasteiger partial charge is 0.0417 e. The first-order valence-corrected chi connectivity index (χ1v) is 13.9. The van der Waals surface area contributed by atoms with Gasteiger partial charge in [0.2, 0.25) is 0 Å². The van der Waals surface area contributed by atoms with Crippen LogP contribution in [0.3, 0.4) is 0 Å². The van der Waals surface area contributed by atoms with E-state index in [0.29, 0.717) is 0 Å². The second-order valence-electron chi connectivity index (χ2n) is 9.63. The lowest BCUT2D eigenvalue weighted by Crippen LogP contribution is -1.99.